The summed E-state index contributed by atoms with van der Waals surface area (Å²) in [4.78, 5) is 17.7. The van der Waals surface area contributed by atoms with Crippen molar-refractivity contribution in [3.63, 3.8) is 0 Å². The van der Waals surface area contributed by atoms with E-state index in [1.807, 2.05) is 20.8 Å². The summed E-state index contributed by atoms with van der Waals surface area (Å²) in [5.41, 5.74) is -0.539. The van der Waals surface area contributed by atoms with E-state index in [1.54, 1.807) is 4.90 Å². The van der Waals surface area contributed by atoms with Crippen LogP contribution < -0.4 is 5.32 Å². The lowest BCUT2D eigenvalue weighted by Crippen LogP contribution is -2.47. The number of alkyl halides is 2. The minimum atomic E-state index is -2.46. The van der Waals surface area contributed by atoms with Gasteiger partial charge < -0.3 is 14.8 Å². The molecule has 0 atom stereocenters. The van der Waals surface area contributed by atoms with E-state index >= 15 is 0 Å². The van der Waals surface area contributed by atoms with Crippen molar-refractivity contribution in [1.29, 1.82) is 0 Å². The van der Waals surface area contributed by atoms with Crippen LogP contribution in [0.3, 0.4) is 0 Å². The Morgan fingerprint density at radius 1 is 1.48 bits per heavy atom. The molecule has 0 radical (unpaired) electrons. The van der Waals surface area contributed by atoms with Gasteiger partial charge in [0.05, 0.1) is 19.7 Å². The van der Waals surface area contributed by atoms with Crippen molar-refractivity contribution in [2.45, 2.75) is 32.8 Å². The van der Waals surface area contributed by atoms with Crippen LogP contribution in [0.2, 0.25) is 0 Å². The van der Waals surface area contributed by atoms with Crippen LogP contribution >= 0.6 is 0 Å². The summed E-state index contributed by atoms with van der Waals surface area (Å²) in [5.74, 6) is 0.632. The van der Waals surface area contributed by atoms with Gasteiger partial charge in [-0.15, -0.1) is 0 Å². The van der Waals surface area contributed by atoms with Gasteiger partial charge in [-0.2, -0.15) is 0 Å². The summed E-state index contributed by atoms with van der Waals surface area (Å²) >= 11 is 0. The maximum Gasteiger partial charge on any atom is 0.410 e. The van der Waals surface area contributed by atoms with Crippen molar-refractivity contribution >= 4 is 11.9 Å². The van der Waals surface area contributed by atoms with Crippen molar-refractivity contribution in [3.8, 4) is 0 Å². The van der Waals surface area contributed by atoms with E-state index < -0.39 is 18.6 Å². The van der Waals surface area contributed by atoms with Gasteiger partial charge in [-0.1, -0.05) is 0 Å². The number of amides is 1. The quantitative estimate of drug-likeness (QED) is 0.782. The van der Waals surface area contributed by atoms with Crippen LogP contribution in [0, 0.1) is 0 Å². The molecule has 1 amide bonds. The molecule has 122 valence electrons. The molecule has 0 unspecified atom stereocenters. The third kappa shape index (κ3) is 7.79. The Kier molecular flexibility index (Phi) is 6.80. The highest BCUT2D eigenvalue weighted by Crippen LogP contribution is 2.10. The van der Waals surface area contributed by atoms with Gasteiger partial charge in [0, 0.05) is 13.1 Å². The molecule has 0 saturated carbocycles. The van der Waals surface area contributed by atoms with E-state index in [0.717, 1.165) is 0 Å². The van der Waals surface area contributed by atoms with Crippen LogP contribution in [0.25, 0.3) is 0 Å². The second kappa shape index (κ2) is 8.11. The standard InChI is InChI=1S/C13H23F2N3O3/c1-13(2,3)21-12(19)18-6-4-16-11(8-18)17-5-7-20-9-10(14)15/h10H,4-9H2,1-3H3,(H,16,17). The topological polar surface area (TPSA) is 63.2 Å². The van der Waals surface area contributed by atoms with Crippen LogP contribution in [0.4, 0.5) is 13.6 Å². The lowest BCUT2D eigenvalue weighted by atomic mass is 10.2. The summed E-state index contributed by atoms with van der Waals surface area (Å²) in [7, 11) is 0. The molecular weight excluding hydrogens is 284 g/mol. The van der Waals surface area contributed by atoms with Crippen LogP contribution in [-0.4, -0.2) is 68.2 Å². The normalized spacial score (nSPS) is 15.9. The fraction of sp³-hybridized carbons (Fsp3) is 0.846. The van der Waals surface area contributed by atoms with E-state index in [4.69, 9.17) is 9.47 Å². The third-order valence-electron chi connectivity index (χ3n) is 2.48. The Morgan fingerprint density at radius 3 is 2.81 bits per heavy atom. The number of amidine groups is 1. The molecule has 0 aromatic carbocycles. The average Bonchev–Trinajstić information content (AvgIpc) is 2.36. The van der Waals surface area contributed by atoms with Gasteiger partial charge in [0.2, 0.25) is 0 Å². The number of hydrogen-bond donors (Lipinski definition) is 1. The first-order chi connectivity index (χ1) is 9.78. The fourth-order valence-corrected chi connectivity index (χ4v) is 1.65. The molecule has 1 aliphatic rings. The minimum Gasteiger partial charge on any atom is -0.444 e. The van der Waals surface area contributed by atoms with Crippen molar-refractivity contribution in [3.05, 3.63) is 0 Å². The van der Waals surface area contributed by atoms with Crippen molar-refractivity contribution in [2.24, 2.45) is 4.99 Å². The largest absolute Gasteiger partial charge is 0.444 e. The van der Waals surface area contributed by atoms with E-state index in [9.17, 15) is 13.6 Å². The third-order valence-corrected chi connectivity index (χ3v) is 2.48. The van der Waals surface area contributed by atoms with Gasteiger partial charge >= 0.3 is 6.09 Å². The Hall–Kier alpha value is -1.44. The summed E-state index contributed by atoms with van der Waals surface area (Å²) in [5, 5.41) is 2.97. The number of carbonyl (C=O) groups excluding carboxylic acids is 1. The van der Waals surface area contributed by atoms with E-state index in [-0.39, 0.29) is 12.7 Å². The number of halogens is 2. The van der Waals surface area contributed by atoms with Crippen LogP contribution in [0.5, 0.6) is 0 Å². The van der Waals surface area contributed by atoms with E-state index in [1.165, 1.54) is 0 Å². The molecule has 1 heterocycles. The monoisotopic (exact) mass is 307 g/mol. The van der Waals surface area contributed by atoms with Crippen LogP contribution in [0.1, 0.15) is 20.8 Å². The highest BCUT2D eigenvalue weighted by Gasteiger charge is 2.24. The van der Waals surface area contributed by atoms with Gasteiger partial charge in [-0.25, -0.2) is 13.6 Å². The predicted molar refractivity (Wildman–Crippen MR) is 74.9 cm³/mol. The maximum absolute atomic E-state index is 11.9. The van der Waals surface area contributed by atoms with Crippen molar-refractivity contribution in [2.75, 3.05) is 39.4 Å². The highest BCUT2D eigenvalue weighted by atomic mass is 19.3. The van der Waals surface area contributed by atoms with Gasteiger partial charge in [-0.05, 0) is 20.8 Å². The zero-order valence-electron chi connectivity index (χ0n) is 12.7. The maximum atomic E-state index is 11.9. The molecule has 0 saturated heterocycles. The molecule has 0 spiro atoms. The van der Waals surface area contributed by atoms with Crippen LogP contribution in [-0.2, 0) is 9.47 Å². The smallest absolute Gasteiger partial charge is 0.410 e. The Morgan fingerprint density at radius 2 is 2.19 bits per heavy atom. The average molecular weight is 307 g/mol. The first kappa shape index (κ1) is 17.6. The van der Waals surface area contributed by atoms with Gasteiger partial charge in [-0.3, -0.25) is 9.89 Å². The highest BCUT2D eigenvalue weighted by molar-refractivity contribution is 5.87. The van der Waals surface area contributed by atoms with Gasteiger partial charge in [0.1, 0.15) is 18.0 Å². The Labute approximate surface area is 123 Å². The predicted octanol–water partition coefficient (Wildman–Crippen LogP) is 1.51. The lowest BCUT2D eigenvalue weighted by Gasteiger charge is -2.29. The molecule has 8 heteroatoms. The number of aliphatic imine (C=N–C) groups is 1. The molecule has 1 N–H and O–H groups in total. The van der Waals surface area contributed by atoms with Crippen LogP contribution in [0.15, 0.2) is 4.99 Å². The number of hydrogen-bond acceptors (Lipinski definition) is 5. The number of nitrogens with one attached hydrogen (secondary N) is 1. The molecule has 0 aromatic rings. The molecule has 0 aliphatic carbocycles. The molecule has 6 nitrogen and oxygen atoms in total. The second-order valence-electron chi connectivity index (χ2n) is 5.62. The zero-order valence-corrected chi connectivity index (χ0v) is 12.7. The van der Waals surface area contributed by atoms with Crippen molar-refractivity contribution < 1.29 is 23.0 Å². The number of nitrogens with zero attached hydrogens (tertiary/aromatic N) is 2. The minimum absolute atomic E-state index is 0.162. The molecule has 1 rings (SSSR count). The summed E-state index contributed by atoms with van der Waals surface area (Å²) in [6.07, 6.45) is -2.84. The summed E-state index contributed by atoms with van der Waals surface area (Å²) in [6, 6.07) is 0. The number of carbonyl (C=O) groups is 1. The molecule has 0 fully saturated rings. The number of rotatable bonds is 5. The molecule has 0 aromatic heterocycles. The van der Waals surface area contributed by atoms with E-state index in [2.05, 4.69) is 10.3 Å². The molecule has 1 aliphatic heterocycles. The SMILES string of the molecule is CC(C)(C)OC(=O)N1CCN=C(NCCOCC(F)F)C1. The molecule has 0 bridgehead atoms. The zero-order chi connectivity index (χ0) is 15.9. The summed E-state index contributed by atoms with van der Waals surface area (Å²) < 4.78 is 33.8. The lowest BCUT2D eigenvalue weighted by molar-refractivity contribution is 0.0193. The van der Waals surface area contributed by atoms with Gasteiger partial charge in [0.15, 0.2) is 0 Å². The number of ether oxygens (including phenoxy) is 2. The fourth-order valence-electron chi connectivity index (χ4n) is 1.65. The second-order valence-corrected chi connectivity index (χ2v) is 5.62. The first-order valence-electron chi connectivity index (χ1n) is 6.89. The summed E-state index contributed by atoms with van der Waals surface area (Å²) in [6.45, 7) is 6.69. The Balaban J connectivity index is 2.28. The van der Waals surface area contributed by atoms with Crippen molar-refractivity contribution in [1.82, 2.24) is 10.2 Å². The first-order valence-corrected chi connectivity index (χ1v) is 6.89. The van der Waals surface area contributed by atoms with E-state index in [0.29, 0.717) is 32.0 Å². The molecule has 21 heavy (non-hydrogen) atoms. The Bertz CT molecular complexity index is 370. The molecular formula is C13H23F2N3O3. The van der Waals surface area contributed by atoms with Gasteiger partial charge in [0.25, 0.3) is 6.43 Å².